The molecule has 0 unspecified atom stereocenters. The molecule has 90 valence electrons. The number of anilines is 1. The van der Waals surface area contributed by atoms with Gasteiger partial charge in [0.25, 0.3) is 0 Å². The number of alkyl halides is 3. The molecule has 1 aromatic carbocycles. The first-order chi connectivity index (χ1) is 7.88. The summed E-state index contributed by atoms with van der Waals surface area (Å²) in [6, 6.07) is 6.07. The van der Waals surface area contributed by atoms with E-state index in [1.165, 1.54) is 24.3 Å². The van der Waals surface area contributed by atoms with Crippen LogP contribution in [0, 0.1) is 0 Å². The lowest BCUT2D eigenvalue weighted by atomic mass is 10.2. The van der Waals surface area contributed by atoms with Crippen LogP contribution >= 0.6 is 11.6 Å². The third-order valence-electron chi connectivity index (χ3n) is 2.01. The molecule has 1 aromatic heterocycles. The molecule has 0 amide bonds. The van der Waals surface area contributed by atoms with Crippen LogP contribution in [0.3, 0.4) is 0 Å². The van der Waals surface area contributed by atoms with Crippen LogP contribution in [0.2, 0.25) is 5.02 Å². The molecule has 17 heavy (non-hydrogen) atoms. The van der Waals surface area contributed by atoms with Crippen molar-refractivity contribution in [2.45, 2.75) is 6.18 Å². The maximum atomic E-state index is 12.3. The number of nitrogen functional groups attached to an aromatic ring is 1. The molecule has 3 nitrogen and oxygen atoms in total. The summed E-state index contributed by atoms with van der Waals surface area (Å²) in [6.45, 7) is 0. The van der Waals surface area contributed by atoms with E-state index in [-0.39, 0.29) is 11.6 Å². The number of nitrogens with two attached hydrogens (primary N) is 1. The van der Waals surface area contributed by atoms with Gasteiger partial charge in [0, 0.05) is 10.6 Å². The van der Waals surface area contributed by atoms with Gasteiger partial charge in [0.05, 0.1) is 0 Å². The molecule has 0 radical (unpaired) electrons. The van der Waals surface area contributed by atoms with Gasteiger partial charge in [-0.2, -0.15) is 13.2 Å². The van der Waals surface area contributed by atoms with Crippen LogP contribution in [0.25, 0.3) is 11.3 Å². The van der Waals surface area contributed by atoms with Gasteiger partial charge < -0.3 is 10.2 Å². The van der Waals surface area contributed by atoms with E-state index in [4.69, 9.17) is 17.3 Å². The summed E-state index contributed by atoms with van der Waals surface area (Å²) in [6.07, 6.45) is -4.65. The largest absolute Gasteiger partial charge is 0.469 e. The Morgan fingerprint density at radius 3 is 2.24 bits per heavy atom. The fourth-order valence-electron chi connectivity index (χ4n) is 1.27. The first-order valence-electron chi connectivity index (χ1n) is 4.47. The van der Waals surface area contributed by atoms with Crippen molar-refractivity contribution in [3.63, 3.8) is 0 Å². The number of benzene rings is 1. The summed E-state index contributed by atoms with van der Waals surface area (Å²) in [5.74, 6) is -1.74. The minimum atomic E-state index is -4.65. The van der Waals surface area contributed by atoms with Gasteiger partial charge in [0.1, 0.15) is 5.69 Å². The summed E-state index contributed by atoms with van der Waals surface area (Å²) < 4.78 is 41.4. The summed E-state index contributed by atoms with van der Waals surface area (Å²) in [7, 11) is 0. The van der Waals surface area contributed by atoms with E-state index in [0.717, 1.165) is 0 Å². The Kier molecular flexibility index (Phi) is 2.74. The molecule has 2 N–H and O–H groups in total. The molecule has 0 fully saturated rings. The molecule has 0 aliphatic heterocycles. The number of hydrogen-bond donors (Lipinski definition) is 1. The van der Waals surface area contributed by atoms with E-state index < -0.39 is 12.1 Å². The zero-order chi connectivity index (χ0) is 12.6. The zero-order valence-electron chi connectivity index (χ0n) is 8.25. The molecule has 2 aromatic rings. The lowest BCUT2D eigenvalue weighted by molar-refractivity contribution is -0.156. The maximum Gasteiger partial charge on any atom is 0.469 e. The van der Waals surface area contributed by atoms with Crippen LogP contribution in [0.4, 0.5) is 19.1 Å². The molecule has 0 aliphatic carbocycles. The normalized spacial score (nSPS) is 11.8. The number of aromatic nitrogens is 1. The number of rotatable bonds is 1. The van der Waals surface area contributed by atoms with Gasteiger partial charge in [-0.15, -0.1) is 0 Å². The topological polar surface area (TPSA) is 52.0 Å². The third-order valence-corrected chi connectivity index (χ3v) is 2.27. The quantitative estimate of drug-likeness (QED) is 0.854. The number of nitrogens with zero attached hydrogens (tertiary/aromatic N) is 1. The summed E-state index contributed by atoms with van der Waals surface area (Å²) in [4.78, 5) is 3.32. The first-order valence-corrected chi connectivity index (χ1v) is 4.85. The second kappa shape index (κ2) is 3.96. The van der Waals surface area contributed by atoms with Crippen molar-refractivity contribution in [2.75, 3.05) is 5.73 Å². The Labute approximate surface area is 99.0 Å². The Morgan fingerprint density at radius 2 is 1.76 bits per heavy atom. The predicted octanol–water partition coefficient (Wildman–Crippen LogP) is 3.60. The monoisotopic (exact) mass is 262 g/mol. The van der Waals surface area contributed by atoms with Crippen LogP contribution in [-0.4, -0.2) is 4.98 Å². The molecule has 0 saturated carbocycles. The van der Waals surface area contributed by atoms with Crippen LogP contribution < -0.4 is 5.73 Å². The summed E-state index contributed by atoms with van der Waals surface area (Å²) >= 11 is 5.66. The highest BCUT2D eigenvalue weighted by Crippen LogP contribution is 2.34. The fourth-order valence-corrected chi connectivity index (χ4v) is 1.39. The molecule has 1 heterocycles. The molecular weight excluding hydrogens is 257 g/mol. The van der Waals surface area contributed by atoms with Crippen molar-refractivity contribution in [1.82, 2.24) is 4.98 Å². The Morgan fingerprint density at radius 1 is 1.18 bits per heavy atom. The van der Waals surface area contributed by atoms with Gasteiger partial charge in [0.2, 0.25) is 5.88 Å². The average Bonchev–Trinajstić information content (AvgIpc) is 2.61. The predicted molar refractivity (Wildman–Crippen MR) is 56.4 cm³/mol. The van der Waals surface area contributed by atoms with Gasteiger partial charge in [0.15, 0.2) is 0 Å². The van der Waals surface area contributed by atoms with Crippen molar-refractivity contribution in [3.05, 3.63) is 35.2 Å². The lowest BCUT2D eigenvalue weighted by Crippen LogP contribution is -2.04. The molecule has 2 rings (SSSR count). The molecule has 0 spiro atoms. The Bertz CT molecular complexity index is 533. The average molecular weight is 263 g/mol. The molecule has 0 aliphatic rings. The van der Waals surface area contributed by atoms with Crippen molar-refractivity contribution >= 4 is 17.5 Å². The number of halogens is 4. The second-order valence-corrected chi connectivity index (χ2v) is 3.67. The maximum absolute atomic E-state index is 12.3. The van der Waals surface area contributed by atoms with E-state index in [0.29, 0.717) is 10.6 Å². The molecule has 7 heteroatoms. The highest BCUT2D eigenvalue weighted by molar-refractivity contribution is 6.30. The van der Waals surface area contributed by atoms with Crippen LogP contribution in [0.15, 0.2) is 28.7 Å². The third kappa shape index (κ3) is 2.36. The fraction of sp³-hybridized carbons (Fsp3) is 0.100. The van der Waals surface area contributed by atoms with Gasteiger partial charge in [-0.1, -0.05) is 23.7 Å². The van der Waals surface area contributed by atoms with Gasteiger partial charge in [-0.25, -0.2) is 4.98 Å². The van der Waals surface area contributed by atoms with Gasteiger partial charge in [-0.3, -0.25) is 0 Å². The molecule has 0 atom stereocenters. The molecule has 0 bridgehead atoms. The smallest absolute Gasteiger partial charge is 0.416 e. The van der Waals surface area contributed by atoms with E-state index in [1.54, 1.807) is 0 Å². The minimum Gasteiger partial charge on any atom is -0.416 e. The van der Waals surface area contributed by atoms with E-state index in [2.05, 4.69) is 9.40 Å². The first kappa shape index (κ1) is 11.8. The molecular formula is C10H6ClF3N2O. The Hall–Kier alpha value is -1.69. The van der Waals surface area contributed by atoms with E-state index in [1.807, 2.05) is 0 Å². The van der Waals surface area contributed by atoms with Crippen LogP contribution in [0.5, 0.6) is 0 Å². The number of hydrogen-bond acceptors (Lipinski definition) is 3. The summed E-state index contributed by atoms with van der Waals surface area (Å²) in [5, 5.41) is 0.465. The SMILES string of the molecule is Nc1oc(C(F)(F)F)nc1-c1ccc(Cl)cc1. The van der Waals surface area contributed by atoms with Crippen molar-refractivity contribution in [2.24, 2.45) is 0 Å². The lowest BCUT2D eigenvalue weighted by Gasteiger charge is -1.98. The Balaban J connectivity index is 2.46. The van der Waals surface area contributed by atoms with Crippen molar-refractivity contribution in [1.29, 1.82) is 0 Å². The molecule has 0 saturated heterocycles. The van der Waals surface area contributed by atoms with Crippen molar-refractivity contribution < 1.29 is 17.6 Å². The highest BCUT2D eigenvalue weighted by atomic mass is 35.5. The van der Waals surface area contributed by atoms with Crippen LogP contribution in [0.1, 0.15) is 5.89 Å². The minimum absolute atomic E-state index is 0.0472. The van der Waals surface area contributed by atoms with Gasteiger partial charge in [-0.05, 0) is 12.1 Å². The number of oxazole rings is 1. The second-order valence-electron chi connectivity index (χ2n) is 3.24. The van der Waals surface area contributed by atoms with Crippen LogP contribution in [-0.2, 0) is 6.18 Å². The summed E-state index contributed by atoms with van der Waals surface area (Å²) in [5.41, 5.74) is 5.71. The standard InChI is InChI=1S/C10H6ClF3N2O/c11-6-3-1-5(2-4-6)7-8(15)17-9(16-7)10(12,13)14/h1-4H,15H2. The zero-order valence-corrected chi connectivity index (χ0v) is 9.01. The van der Waals surface area contributed by atoms with Gasteiger partial charge >= 0.3 is 12.1 Å². The van der Waals surface area contributed by atoms with Crippen molar-refractivity contribution in [3.8, 4) is 11.3 Å². The highest BCUT2D eigenvalue weighted by Gasteiger charge is 2.38. The van der Waals surface area contributed by atoms with E-state index >= 15 is 0 Å². The van der Waals surface area contributed by atoms with E-state index in [9.17, 15) is 13.2 Å².